The lowest BCUT2D eigenvalue weighted by Gasteiger charge is -2.47. The number of benzene rings is 1. The van der Waals surface area contributed by atoms with Crippen molar-refractivity contribution >= 4 is 17.2 Å². The molecule has 110 valence electrons. The summed E-state index contributed by atoms with van der Waals surface area (Å²) in [6, 6.07) is 7.10. The number of aliphatic hydroxyl groups is 1. The van der Waals surface area contributed by atoms with Gasteiger partial charge in [-0.25, -0.2) is 4.98 Å². The van der Waals surface area contributed by atoms with E-state index in [2.05, 4.69) is 4.98 Å². The highest BCUT2D eigenvalue weighted by Crippen LogP contribution is 2.41. The molecule has 0 saturated carbocycles. The summed E-state index contributed by atoms with van der Waals surface area (Å²) in [6.45, 7) is 1.95. The van der Waals surface area contributed by atoms with E-state index in [9.17, 15) is 9.90 Å². The standard InChI is InChI=1S/C15H16N2O3S/c1-9(10-3-5-11(20-2)6-4-10)17-13(14(18)15(17)19)12-7-21-8-16-12/h3-9,13-14,18H,1-2H3/t9-,13-,14+/m0/s1. The summed E-state index contributed by atoms with van der Waals surface area (Å²) in [5.74, 6) is 0.522. The summed E-state index contributed by atoms with van der Waals surface area (Å²) >= 11 is 1.46. The van der Waals surface area contributed by atoms with E-state index in [0.29, 0.717) is 0 Å². The number of aromatic nitrogens is 1. The van der Waals surface area contributed by atoms with Crippen LogP contribution in [0.25, 0.3) is 0 Å². The molecule has 6 heteroatoms. The molecule has 0 aliphatic carbocycles. The van der Waals surface area contributed by atoms with Crippen molar-refractivity contribution in [2.75, 3.05) is 7.11 Å². The first-order valence-electron chi connectivity index (χ1n) is 6.65. The third-order valence-corrected chi connectivity index (χ3v) is 4.48. The first-order valence-corrected chi connectivity index (χ1v) is 7.60. The fourth-order valence-corrected chi connectivity index (χ4v) is 3.22. The van der Waals surface area contributed by atoms with Gasteiger partial charge < -0.3 is 14.7 Å². The summed E-state index contributed by atoms with van der Waals surface area (Å²) < 4.78 is 5.14. The van der Waals surface area contributed by atoms with Gasteiger partial charge in [-0.1, -0.05) is 12.1 Å². The molecule has 1 N–H and O–H groups in total. The van der Waals surface area contributed by atoms with Crippen molar-refractivity contribution in [3.05, 3.63) is 46.4 Å². The number of hydrogen-bond acceptors (Lipinski definition) is 5. The maximum absolute atomic E-state index is 12.0. The van der Waals surface area contributed by atoms with Gasteiger partial charge in [-0.15, -0.1) is 11.3 Å². The number of ether oxygens (including phenoxy) is 1. The number of likely N-dealkylation sites (tertiary alicyclic amines) is 1. The molecule has 1 aromatic heterocycles. The van der Waals surface area contributed by atoms with Gasteiger partial charge in [0.25, 0.3) is 5.91 Å². The van der Waals surface area contributed by atoms with E-state index in [0.717, 1.165) is 17.0 Å². The number of hydrogen-bond donors (Lipinski definition) is 1. The number of carbonyl (C=O) groups excluding carboxylic acids is 1. The van der Waals surface area contributed by atoms with E-state index in [4.69, 9.17) is 4.74 Å². The van der Waals surface area contributed by atoms with Crippen molar-refractivity contribution in [2.45, 2.75) is 25.1 Å². The van der Waals surface area contributed by atoms with Crippen molar-refractivity contribution < 1.29 is 14.6 Å². The zero-order chi connectivity index (χ0) is 15.0. The van der Waals surface area contributed by atoms with Crippen LogP contribution in [-0.2, 0) is 4.79 Å². The van der Waals surface area contributed by atoms with Gasteiger partial charge in [0, 0.05) is 5.38 Å². The second kappa shape index (κ2) is 5.46. The summed E-state index contributed by atoms with van der Waals surface area (Å²) in [4.78, 5) is 17.9. The van der Waals surface area contributed by atoms with Crippen molar-refractivity contribution in [1.29, 1.82) is 0 Å². The third-order valence-electron chi connectivity index (χ3n) is 3.88. The minimum absolute atomic E-state index is 0.126. The summed E-state index contributed by atoms with van der Waals surface area (Å²) in [5, 5.41) is 11.8. The van der Waals surface area contributed by atoms with E-state index in [1.54, 1.807) is 17.5 Å². The Balaban J connectivity index is 1.85. The number of rotatable bonds is 4. The number of thiazole rings is 1. The Morgan fingerprint density at radius 3 is 2.67 bits per heavy atom. The van der Waals surface area contributed by atoms with Gasteiger partial charge in [0.1, 0.15) is 11.8 Å². The Hall–Kier alpha value is -1.92. The SMILES string of the molecule is COc1ccc([C@H](C)N2C(=O)[C@H](O)[C@@H]2c2cscn2)cc1. The maximum Gasteiger partial charge on any atom is 0.255 e. The first kappa shape index (κ1) is 14.0. The van der Waals surface area contributed by atoms with E-state index >= 15 is 0 Å². The molecule has 3 rings (SSSR count). The molecule has 0 radical (unpaired) electrons. The monoisotopic (exact) mass is 304 g/mol. The Bertz CT molecular complexity index is 627. The predicted molar refractivity (Wildman–Crippen MR) is 79.1 cm³/mol. The smallest absolute Gasteiger partial charge is 0.255 e. The zero-order valence-electron chi connectivity index (χ0n) is 11.8. The third kappa shape index (κ3) is 2.30. The second-order valence-electron chi connectivity index (χ2n) is 5.00. The Morgan fingerprint density at radius 2 is 2.10 bits per heavy atom. The summed E-state index contributed by atoms with van der Waals surface area (Å²) in [7, 11) is 1.62. The number of methoxy groups -OCH3 is 1. The molecule has 0 unspecified atom stereocenters. The Labute approximate surface area is 126 Å². The molecule has 5 nitrogen and oxygen atoms in total. The van der Waals surface area contributed by atoms with Crippen LogP contribution in [0.4, 0.5) is 0 Å². The number of carbonyl (C=O) groups is 1. The molecule has 0 bridgehead atoms. The average molecular weight is 304 g/mol. The largest absolute Gasteiger partial charge is 0.497 e. The number of nitrogens with zero attached hydrogens (tertiary/aromatic N) is 2. The fraction of sp³-hybridized carbons (Fsp3) is 0.333. The average Bonchev–Trinajstić information content (AvgIpc) is 3.04. The van der Waals surface area contributed by atoms with E-state index in [1.807, 2.05) is 36.6 Å². The molecular formula is C15H16N2O3S. The molecular weight excluding hydrogens is 288 g/mol. The lowest BCUT2D eigenvalue weighted by molar-refractivity contribution is -0.172. The topological polar surface area (TPSA) is 62.7 Å². The number of amides is 1. The molecule has 1 aliphatic rings. The van der Waals surface area contributed by atoms with E-state index in [1.165, 1.54) is 11.3 Å². The quantitative estimate of drug-likeness (QED) is 0.879. The van der Waals surface area contributed by atoms with E-state index in [-0.39, 0.29) is 18.0 Å². The minimum atomic E-state index is -0.993. The van der Waals surface area contributed by atoms with Crippen LogP contribution >= 0.6 is 11.3 Å². The van der Waals surface area contributed by atoms with Crippen LogP contribution in [0, 0.1) is 0 Å². The highest BCUT2D eigenvalue weighted by atomic mass is 32.1. The van der Waals surface area contributed by atoms with Gasteiger partial charge in [-0.3, -0.25) is 4.79 Å². The molecule has 2 heterocycles. The Morgan fingerprint density at radius 1 is 1.38 bits per heavy atom. The first-order chi connectivity index (χ1) is 10.1. The van der Waals surface area contributed by atoms with Crippen molar-refractivity contribution in [3.63, 3.8) is 0 Å². The molecule has 1 aromatic carbocycles. The Kier molecular flexibility index (Phi) is 3.65. The van der Waals surface area contributed by atoms with Crippen LogP contribution < -0.4 is 4.74 Å². The molecule has 3 atom stereocenters. The van der Waals surface area contributed by atoms with Crippen LogP contribution in [0.3, 0.4) is 0 Å². The molecule has 1 aliphatic heterocycles. The van der Waals surface area contributed by atoms with Crippen molar-refractivity contribution in [1.82, 2.24) is 9.88 Å². The second-order valence-corrected chi connectivity index (χ2v) is 5.72. The zero-order valence-corrected chi connectivity index (χ0v) is 12.6. The van der Waals surface area contributed by atoms with Crippen LogP contribution in [0.1, 0.15) is 30.3 Å². The normalized spacial score (nSPS) is 22.8. The number of aliphatic hydroxyl groups excluding tert-OH is 1. The molecule has 2 aromatic rings. The number of β-lactam (4-membered cyclic amide) rings is 1. The minimum Gasteiger partial charge on any atom is -0.497 e. The highest BCUT2D eigenvalue weighted by molar-refractivity contribution is 7.07. The molecule has 1 fully saturated rings. The van der Waals surface area contributed by atoms with Gasteiger partial charge >= 0.3 is 0 Å². The van der Waals surface area contributed by atoms with Crippen LogP contribution in [0.15, 0.2) is 35.2 Å². The fourth-order valence-electron chi connectivity index (χ4n) is 2.64. The molecule has 21 heavy (non-hydrogen) atoms. The predicted octanol–water partition coefficient (Wildman–Crippen LogP) is 2.16. The van der Waals surface area contributed by atoms with Gasteiger partial charge in [0.05, 0.1) is 24.4 Å². The highest BCUT2D eigenvalue weighted by Gasteiger charge is 2.50. The van der Waals surface area contributed by atoms with Gasteiger partial charge in [-0.05, 0) is 24.6 Å². The van der Waals surface area contributed by atoms with Crippen LogP contribution in [-0.4, -0.2) is 34.1 Å². The van der Waals surface area contributed by atoms with Crippen LogP contribution in [0.5, 0.6) is 5.75 Å². The van der Waals surface area contributed by atoms with Gasteiger partial charge in [0.2, 0.25) is 0 Å². The molecule has 1 amide bonds. The summed E-state index contributed by atoms with van der Waals surface area (Å²) in [6.07, 6.45) is -0.993. The lowest BCUT2D eigenvalue weighted by atomic mass is 9.91. The molecule has 1 saturated heterocycles. The van der Waals surface area contributed by atoms with Crippen molar-refractivity contribution in [2.24, 2.45) is 0 Å². The van der Waals surface area contributed by atoms with Crippen molar-refractivity contribution in [3.8, 4) is 5.75 Å². The van der Waals surface area contributed by atoms with E-state index < -0.39 is 6.10 Å². The maximum atomic E-state index is 12.0. The summed E-state index contributed by atoms with van der Waals surface area (Å²) in [5.41, 5.74) is 3.45. The van der Waals surface area contributed by atoms with Gasteiger partial charge in [-0.2, -0.15) is 0 Å². The lowest BCUT2D eigenvalue weighted by Crippen LogP contribution is -2.59. The molecule has 0 spiro atoms. The van der Waals surface area contributed by atoms with Gasteiger partial charge in [0.15, 0.2) is 6.10 Å². The van der Waals surface area contributed by atoms with Crippen LogP contribution in [0.2, 0.25) is 0 Å².